The standard InChI is InChI=1S/C15H31N/c1-7-13(11(2)3)16-14-8-9-15(5,6)10-12(14)4/h11-14,16H,7-10H2,1-6H3. The number of rotatable bonds is 4. The lowest BCUT2D eigenvalue weighted by atomic mass is 9.70. The monoisotopic (exact) mass is 225 g/mol. The summed E-state index contributed by atoms with van der Waals surface area (Å²) in [6, 6.07) is 1.45. The molecule has 1 aliphatic carbocycles. The van der Waals surface area contributed by atoms with Gasteiger partial charge in [0.15, 0.2) is 0 Å². The van der Waals surface area contributed by atoms with Crippen molar-refractivity contribution in [2.24, 2.45) is 17.3 Å². The highest BCUT2D eigenvalue weighted by atomic mass is 15.0. The van der Waals surface area contributed by atoms with Gasteiger partial charge in [0.2, 0.25) is 0 Å². The van der Waals surface area contributed by atoms with Gasteiger partial charge in [0, 0.05) is 12.1 Å². The molecule has 1 saturated carbocycles. The molecule has 0 aromatic rings. The van der Waals surface area contributed by atoms with Gasteiger partial charge >= 0.3 is 0 Å². The Morgan fingerprint density at radius 1 is 1.31 bits per heavy atom. The summed E-state index contributed by atoms with van der Waals surface area (Å²) in [6.07, 6.45) is 5.37. The summed E-state index contributed by atoms with van der Waals surface area (Å²) in [5.74, 6) is 1.59. The van der Waals surface area contributed by atoms with Crippen LogP contribution in [0, 0.1) is 17.3 Å². The molecule has 3 unspecified atom stereocenters. The first-order chi connectivity index (χ1) is 7.35. The lowest BCUT2D eigenvalue weighted by Gasteiger charge is -2.41. The van der Waals surface area contributed by atoms with Crippen LogP contribution in [-0.2, 0) is 0 Å². The minimum atomic E-state index is 0.567. The quantitative estimate of drug-likeness (QED) is 0.755. The molecular weight excluding hydrogens is 194 g/mol. The van der Waals surface area contributed by atoms with E-state index in [0.717, 1.165) is 17.9 Å². The molecule has 0 aliphatic heterocycles. The highest BCUT2D eigenvalue weighted by molar-refractivity contribution is 4.88. The second kappa shape index (κ2) is 5.53. The minimum Gasteiger partial charge on any atom is -0.311 e. The van der Waals surface area contributed by atoms with Gasteiger partial charge in [-0.3, -0.25) is 0 Å². The van der Waals surface area contributed by atoms with E-state index in [4.69, 9.17) is 0 Å². The zero-order valence-corrected chi connectivity index (χ0v) is 12.1. The lowest BCUT2D eigenvalue weighted by Crippen LogP contribution is -2.47. The molecule has 3 atom stereocenters. The van der Waals surface area contributed by atoms with Crippen LogP contribution in [0.4, 0.5) is 0 Å². The first kappa shape index (κ1) is 14.0. The van der Waals surface area contributed by atoms with Crippen molar-refractivity contribution in [1.29, 1.82) is 0 Å². The van der Waals surface area contributed by atoms with Gasteiger partial charge in [-0.2, -0.15) is 0 Å². The van der Waals surface area contributed by atoms with E-state index in [1.807, 2.05) is 0 Å². The van der Waals surface area contributed by atoms with Crippen LogP contribution in [0.15, 0.2) is 0 Å². The van der Waals surface area contributed by atoms with Gasteiger partial charge in [-0.05, 0) is 42.9 Å². The Kier molecular flexibility index (Phi) is 4.85. The van der Waals surface area contributed by atoms with Crippen molar-refractivity contribution in [3.8, 4) is 0 Å². The molecule has 0 aromatic heterocycles. The van der Waals surface area contributed by atoms with Crippen LogP contribution in [0.5, 0.6) is 0 Å². The Morgan fingerprint density at radius 2 is 1.94 bits per heavy atom. The molecule has 1 heteroatoms. The molecule has 1 aliphatic rings. The van der Waals surface area contributed by atoms with E-state index in [0.29, 0.717) is 11.5 Å². The van der Waals surface area contributed by atoms with Gasteiger partial charge in [-0.25, -0.2) is 0 Å². The average molecular weight is 225 g/mol. The fourth-order valence-corrected chi connectivity index (χ4v) is 3.25. The number of hydrogen-bond donors (Lipinski definition) is 1. The Hall–Kier alpha value is -0.0400. The van der Waals surface area contributed by atoms with Gasteiger partial charge in [-0.1, -0.05) is 41.5 Å². The van der Waals surface area contributed by atoms with Crippen molar-refractivity contribution in [1.82, 2.24) is 5.32 Å². The third-order valence-electron chi connectivity index (χ3n) is 4.37. The van der Waals surface area contributed by atoms with E-state index in [9.17, 15) is 0 Å². The van der Waals surface area contributed by atoms with Gasteiger partial charge in [0.1, 0.15) is 0 Å². The third-order valence-corrected chi connectivity index (χ3v) is 4.37. The van der Waals surface area contributed by atoms with Gasteiger partial charge < -0.3 is 5.32 Å². The van der Waals surface area contributed by atoms with Gasteiger partial charge in [-0.15, -0.1) is 0 Å². The van der Waals surface area contributed by atoms with Crippen LogP contribution in [0.3, 0.4) is 0 Å². The SMILES string of the molecule is CCC(NC1CCC(C)(C)CC1C)C(C)C. The van der Waals surface area contributed by atoms with Crippen LogP contribution in [0.2, 0.25) is 0 Å². The summed E-state index contributed by atoms with van der Waals surface area (Å²) in [4.78, 5) is 0. The van der Waals surface area contributed by atoms with Crippen molar-refractivity contribution in [2.45, 2.75) is 79.3 Å². The van der Waals surface area contributed by atoms with Gasteiger partial charge in [0.05, 0.1) is 0 Å². The van der Waals surface area contributed by atoms with E-state index < -0.39 is 0 Å². The fraction of sp³-hybridized carbons (Fsp3) is 1.00. The molecule has 0 amide bonds. The first-order valence-electron chi connectivity index (χ1n) is 7.12. The predicted octanol–water partition coefficient (Wildman–Crippen LogP) is 4.23. The molecular formula is C15H31N. The highest BCUT2D eigenvalue weighted by Gasteiger charge is 2.33. The van der Waals surface area contributed by atoms with E-state index in [1.165, 1.54) is 25.7 Å². The maximum atomic E-state index is 3.89. The highest BCUT2D eigenvalue weighted by Crippen LogP contribution is 2.38. The van der Waals surface area contributed by atoms with Crippen molar-refractivity contribution in [3.05, 3.63) is 0 Å². The molecule has 1 rings (SSSR count). The lowest BCUT2D eigenvalue weighted by molar-refractivity contribution is 0.134. The number of hydrogen-bond acceptors (Lipinski definition) is 1. The van der Waals surface area contributed by atoms with Crippen molar-refractivity contribution in [2.75, 3.05) is 0 Å². The maximum absolute atomic E-state index is 3.89. The van der Waals surface area contributed by atoms with E-state index >= 15 is 0 Å². The smallest absolute Gasteiger partial charge is 0.00957 e. The normalized spacial score (nSPS) is 31.7. The summed E-state index contributed by atoms with van der Waals surface area (Å²) in [6.45, 7) is 14.2. The average Bonchev–Trinajstić information content (AvgIpc) is 2.15. The fourth-order valence-electron chi connectivity index (χ4n) is 3.25. The minimum absolute atomic E-state index is 0.567. The van der Waals surface area contributed by atoms with E-state index in [-0.39, 0.29) is 0 Å². The zero-order valence-electron chi connectivity index (χ0n) is 12.1. The molecule has 0 saturated heterocycles. The zero-order chi connectivity index (χ0) is 12.3. The van der Waals surface area contributed by atoms with Crippen LogP contribution in [0.1, 0.15) is 67.2 Å². The molecule has 96 valence electrons. The Labute approximate surface area is 102 Å². The summed E-state index contributed by atoms with van der Waals surface area (Å²) < 4.78 is 0. The molecule has 0 heterocycles. The number of nitrogens with one attached hydrogen (secondary N) is 1. The first-order valence-corrected chi connectivity index (χ1v) is 7.12. The third kappa shape index (κ3) is 3.76. The second-order valence-electron chi connectivity index (χ2n) is 6.92. The summed E-state index contributed by atoms with van der Waals surface area (Å²) in [5, 5.41) is 3.89. The molecule has 1 fully saturated rings. The molecule has 0 spiro atoms. The summed E-state index contributed by atoms with van der Waals surface area (Å²) >= 11 is 0. The van der Waals surface area contributed by atoms with Crippen LogP contribution >= 0.6 is 0 Å². The van der Waals surface area contributed by atoms with Crippen molar-refractivity contribution in [3.63, 3.8) is 0 Å². The van der Waals surface area contributed by atoms with E-state index in [2.05, 4.69) is 46.9 Å². The van der Waals surface area contributed by atoms with Crippen LogP contribution < -0.4 is 5.32 Å². The van der Waals surface area contributed by atoms with Gasteiger partial charge in [0.25, 0.3) is 0 Å². The summed E-state index contributed by atoms with van der Waals surface area (Å²) in [7, 11) is 0. The van der Waals surface area contributed by atoms with Crippen molar-refractivity contribution >= 4 is 0 Å². The molecule has 16 heavy (non-hydrogen) atoms. The molecule has 0 bridgehead atoms. The second-order valence-corrected chi connectivity index (χ2v) is 6.92. The predicted molar refractivity (Wildman–Crippen MR) is 72.6 cm³/mol. The van der Waals surface area contributed by atoms with Crippen LogP contribution in [0.25, 0.3) is 0 Å². The topological polar surface area (TPSA) is 12.0 Å². The maximum Gasteiger partial charge on any atom is 0.00957 e. The Balaban J connectivity index is 2.49. The summed E-state index contributed by atoms with van der Waals surface area (Å²) in [5.41, 5.74) is 0.567. The molecule has 0 aromatic carbocycles. The molecule has 0 radical (unpaired) electrons. The van der Waals surface area contributed by atoms with Crippen LogP contribution in [-0.4, -0.2) is 12.1 Å². The largest absolute Gasteiger partial charge is 0.311 e. The molecule has 1 nitrogen and oxygen atoms in total. The van der Waals surface area contributed by atoms with Crippen molar-refractivity contribution < 1.29 is 0 Å². The molecule has 1 N–H and O–H groups in total. The van der Waals surface area contributed by atoms with E-state index in [1.54, 1.807) is 0 Å². The Morgan fingerprint density at radius 3 is 2.38 bits per heavy atom. The Bertz CT molecular complexity index is 207.